The Morgan fingerprint density at radius 1 is 0.963 bits per heavy atom. The van der Waals surface area contributed by atoms with Crippen LogP contribution in [-0.2, 0) is 19.1 Å². The molecule has 0 spiro atoms. The van der Waals surface area contributed by atoms with Gasteiger partial charge in [0.15, 0.2) is 0 Å². The molecule has 0 fully saturated rings. The van der Waals surface area contributed by atoms with Gasteiger partial charge in [-0.1, -0.05) is 48.5 Å². The highest BCUT2D eigenvalue weighted by molar-refractivity contribution is 5.82. The maximum atomic E-state index is 12.3. The second-order valence-corrected chi connectivity index (χ2v) is 6.13. The molecule has 27 heavy (non-hydrogen) atoms. The molecule has 0 heterocycles. The largest absolute Gasteiger partial charge is 0.480 e. The number of rotatable bonds is 6. The topological polar surface area (TPSA) is 93.1 Å². The van der Waals surface area contributed by atoms with Crippen molar-refractivity contribution in [2.45, 2.75) is 5.92 Å². The Morgan fingerprint density at radius 2 is 1.52 bits per heavy atom. The zero-order valence-corrected chi connectivity index (χ0v) is 14.8. The van der Waals surface area contributed by atoms with Gasteiger partial charge < -0.3 is 14.6 Å². The van der Waals surface area contributed by atoms with Crippen LogP contribution in [0.1, 0.15) is 17.0 Å². The van der Waals surface area contributed by atoms with Gasteiger partial charge in [-0.2, -0.15) is 0 Å². The van der Waals surface area contributed by atoms with Crippen molar-refractivity contribution < 1.29 is 29.0 Å². The number of esters is 1. The molecule has 7 nitrogen and oxygen atoms in total. The summed E-state index contributed by atoms with van der Waals surface area (Å²) in [6.07, 6.45) is -0.871. The number of aliphatic carboxylic acids is 1. The van der Waals surface area contributed by atoms with Gasteiger partial charge in [0.1, 0.15) is 19.7 Å². The Hall–Kier alpha value is -3.35. The zero-order valence-electron chi connectivity index (χ0n) is 14.8. The molecular formula is C20H19NO6. The number of methoxy groups -OCH3 is 1. The molecule has 140 valence electrons. The molecular weight excluding hydrogens is 350 g/mol. The van der Waals surface area contributed by atoms with Gasteiger partial charge in [0.25, 0.3) is 0 Å². The summed E-state index contributed by atoms with van der Waals surface area (Å²) in [6, 6.07) is 15.8. The SMILES string of the molecule is COC(=O)CN(CC(=O)O)C(=O)OCC1c2ccccc2-c2ccccc21. The summed E-state index contributed by atoms with van der Waals surface area (Å²) in [5, 5.41) is 8.96. The second-order valence-electron chi connectivity index (χ2n) is 6.13. The summed E-state index contributed by atoms with van der Waals surface area (Å²) in [7, 11) is 1.17. The maximum absolute atomic E-state index is 12.3. The minimum absolute atomic E-state index is 0.0458. The summed E-state index contributed by atoms with van der Waals surface area (Å²) in [6.45, 7) is -1.09. The minimum Gasteiger partial charge on any atom is -0.480 e. The molecule has 0 radical (unpaired) electrons. The van der Waals surface area contributed by atoms with Gasteiger partial charge in [-0.05, 0) is 22.3 Å². The lowest BCUT2D eigenvalue weighted by Gasteiger charge is -2.21. The molecule has 1 amide bonds. The normalized spacial score (nSPS) is 12.0. The van der Waals surface area contributed by atoms with Crippen molar-refractivity contribution in [1.82, 2.24) is 4.90 Å². The van der Waals surface area contributed by atoms with E-state index in [-0.39, 0.29) is 12.5 Å². The molecule has 0 saturated carbocycles. The van der Waals surface area contributed by atoms with E-state index in [1.165, 1.54) is 7.11 Å². The van der Waals surface area contributed by atoms with Crippen LogP contribution in [0.5, 0.6) is 0 Å². The predicted molar refractivity (Wildman–Crippen MR) is 96.3 cm³/mol. The van der Waals surface area contributed by atoms with Crippen LogP contribution in [0, 0.1) is 0 Å². The molecule has 1 N–H and O–H groups in total. The molecule has 2 aromatic carbocycles. The number of nitrogens with zero attached hydrogens (tertiary/aromatic N) is 1. The summed E-state index contributed by atoms with van der Waals surface area (Å²) in [5.41, 5.74) is 4.27. The molecule has 1 aliphatic rings. The van der Waals surface area contributed by atoms with E-state index in [9.17, 15) is 14.4 Å². The number of benzene rings is 2. The monoisotopic (exact) mass is 369 g/mol. The van der Waals surface area contributed by atoms with Crippen molar-refractivity contribution >= 4 is 18.0 Å². The van der Waals surface area contributed by atoms with Crippen LogP contribution in [0.15, 0.2) is 48.5 Å². The van der Waals surface area contributed by atoms with Gasteiger partial charge in [0.05, 0.1) is 7.11 Å². The van der Waals surface area contributed by atoms with E-state index in [4.69, 9.17) is 9.84 Å². The van der Waals surface area contributed by atoms with E-state index in [1.807, 2.05) is 48.5 Å². The smallest absolute Gasteiger partial charge is 0.410 e. The van der Waals surface area contributed by atoms with E-state index in [0.717, 1.165) is 27.2 Å². The third kappa shape index (κ3) is 3.92. The van der Waals surface area contributed by atoms with E-state index in [0.29, 0.717) is 0 Å². The number of ether oxygens (including phenoxy) is 2. The summed E-state index contributed by atoms with van der Waals surface area (Å²) in [4.78, 5) is 35.6. The zero-order chi connectivity index (χ0) is 19.4. The quantitative estimate of drug-likeness (QED) is 0.787. The van der Waals surface area contributed by atoms with E-state index in [1.54, 1.807) is 0 Å². The highest BCUT2D eigenvalue weighted by atomic mass is 16.6. The van der Waals surface area contributed by atoms with Crippen molar-refractivity contribution in [1.29, 1.82) is 0 Å². The lowest BCUT2D eigenvalue weighted by atomic mass is 9.98. The van der Waals surface area contributed by atoms with E-state index in [2.05, 4.69) is 4.74 Å². The fraction of sp³-hybridized carbons (Fsp3) is 0.250. The average Bonchev–Trinajstić information content (AvgIpc) is 2.99. The summed E-state index contributed by atoms with van der Waals surface area (Å²) < 4.78 is 9.87. The van der Waals surface area contributed by atoms with Crippen LogP contribution < -0.4 is 0 Å². The Balaban J connectivity index is 1.76. The first-order valence-corrected chi connectivity index (χ1v) is 8.39. The van der Waals surface area contributed by atoms with Crippen LogP contribution in [-0.4, -0.2) is 54.8 Å². The van der Waals surface area contributed by atoms with Crippen molar-refractivity contribution in [3.05, 3.63) is 59.7 Å². The molecule has 0 saturated heterocycles. The highest BCUT2D eigenvalue weighted by Crippen LogP contribution is 2.44. The lowest BCUT2D eigenvalue weighted by Crippen LogP contribution is -2.40. The Kier molecular flexibility index (Phi) is 5.40. The Bertz CT molecular complexity index is 833. The second kappa shape index (κ2) is 7.90. The van der Waals surface area contributed by atoms with Crippen LogP contribution in [0.2, 0.25) is 0 Å². The minimum atomic E-state index is -1.24. The van der Waals surface area contributed by atoms with Gasteiger partial charge in [-0.3, -0.25) is 14.5 Å². The molecule has 0 atom stereocenters. The molecule has 0 bridgehead atoms. The first-order chi connectivity index (χ1) is 13.0. The standard InChI is InChI=1S/C20H19NO6/c1-26-19(24)11-21(10-18(22)23)20(25)27-12-17-15-8-4-2-6-13(15)14-7-3-5-9-16(14)17/h2-9,17H,10-12H2,1H3,(H,22,23). The maximum Gasteiger partial charge on any atom is 0.410 e. The number of amides is 1. The third-order valence-corrected chi connectivity index (χ3v) is 4.47. The van der Waals surface area contributed by atoms with Gasteiger partial charge in [-0.15, -0.1) is 0 Å². The number of fused-ring (bicyclic) bond motifs is 3. The fourth-order valence-electron chi connectivity index (χ4n) is 3.25. The molecule has 0 aliphatic heterocycles. The highest BCUT2D eigenvalue weighted by Gasteiger charge is 2.30. The number of carboxylic acids is 1. The molecule has 3 rings (SSSR count). The van der Waals surface area contributed by atoms with Gasteiger partial charge in [0, 0.05) is 5.92 Å². The number of carboxylic acid groups (broad SMARTS) is 1. The van der Waals surface area contributed by atoms with Gasteiger partial charge in [0.2, 0.25) is 0 Å². The number of hydrogen-bond donors (Lipinski definition) is 1. The number of carbonyl (C=O) groups is 3. The van der Waals surface area contributed by atoms with E-state index >= 15 is 0 Å². The van der Waals surface area contributed by atoms with Crippen molar-refractivity contribution in [2.75, 3.05) is 26.8 Å². The number of carbonyl (C=O) groups excluding carboxylic acids is 2. The van der Waals surface area contributed by atoms with Crippen molar-refractivity contribution in [3.8, 4) is 11.1 Å². The van der Waals surface area contributed by atoms with Crippen LogP contribution >= 0.6 is 0 Å². The van der Waals surface area contributed by atoms with Crippen molar-refractivity contribution in [3.63, 3.8) is 0 Å². The van der Waals surface area contributed by atoms with Crippen LogP contribution in [0.3, 0.4) is 0 Å². The molecule has 0 unspecified atom stereocenters. The fourth-order valence-corrected chi connectivity index (χ4v) is 3.25. The van der Waals surface area contributed by atoms with Crippen LogP contribution in [0.4, 0.5) is 4.79 Å². The molecule has 1 aliphatic carbocycles. The summed E-state index contributed by atoms with van der Waals surface area (Å²) >= 11 is 0. The lowest BCUT2D eigenvalue weighted by molar-refractivity contribution is -0.143. The molecule has 7 heteroatoms. The predicted octanol–water partition coefficient (Wildman–Crippen LogP) is 2.50. The Morgan fingerprint density at radius 3 is 2.04 bits per heavy atom. The summed E-state index contributed by atoms with van der Waals surface area (Å²) in [5.74, 6) is -2.11. The van der Waals surface area contributed by atoms with Crippen molar-refractivity contribution in [2.24, 2.45) is 0 Å². The first kappa shape index (κ1) is 18.4. The average molecular weight is 369 g/mol. The van der Waals surface area contributed by atoms with Crippen LogP contribution in [0.25, 0.3) is 11.1 Å². The molecule has 0 aromatic heterocycles. The number of hydrogen-bond acceptors (Lipinski definition) is 5. The Labute approximate surface area is 156 Å². The van der Waals surface area contributed by atoms with E-state index < -0.39 is 31.1 Å². The molecule has 2 aromatic rings. The first-order valence-electron chi connectivity index (χ1n) is 8.39. The van der Waals surface area contributed by atoms with Gasteiger partial charge >= 0.3 is 18.0 Å². The van der Waals surface area contributed by atoms with Gasteiger partial charge in [-0.25, -0.2) is 4.79 Å². The third-order valence-electron chi connectivity index (χ3n) is 4.47.